The van der Waals surface area contributed by atoms with Crippen LogP contribution in [0, 0.1) is 5.92 Å². The number of hydrogen-bond donors (Lipinski definition) is 0. The first-order valence-corrected chi connectivity index (χ1v) is 7.62. The zero-order valence-electron chi connectivity index (χ0n) is 9.77. The molecule has 0 spiro atoms. The molecule has 1 aliphatic rings. The molecule has 1 fully saturated rings. The van der Waals surface area contributed by atoms with Crippen molar-refractivity contribution in [2.24, 2.45) is 5.92 Å². The minimum atomic E-state index is 0.749. The molecule has 0 atom stereocenters. The fourth-order valence-electron chi connectivity index (χ4n) is 2.42. The summed E-state index contributed by atoms with van der Waals surface area (Å²) >= 11 is 5.26. The van der Waals surface area contributed by atoms with Crippen LogP contribution in [0.15, 0.2) is 24.3 Å². The number of alkyl halides is 1. The van der Waals surface area contributed by atoms with E-state index in [4.69, 9.17) is 0 Å². The molecule has 0 N–H and O–H groups in total. The van der Waals surface area contributed by atoms with Crippen molar-refractivity contribution >= 4 is 43.4 Å². The van der Waals surface area contributed by atoms with Crippen LogP contribution < -0.4 is 4.90 Å². The van der Waals surface area contributed by atoms with E-state index in [-0.39, 0.29) is 0 Å². The molecular formula is C13H15BrN2S. The van der Waals surface area contributed by atoms with E-state index in [1.807, 2.05) is 6.07 Å². The van der Waals surface area contributed by atoms with Gasteiger partial charge in [0, 0.05) is 23.8 Å². The Morgan fingerprint density at radius 2 is 2.18 bits per heavy atom. The SMILES string of the molecule is CN(CC1CC(Br)C1)c1snc2ccccc12. The third kappa shape index (κ3) is 2.20. The first-order chi connectivity index (χ1) is 8.24. The van der Waals surface area contributed by atoms with Crippen LogP contribution in [0.1, 0.15) is 12.8 Å². The molecule has 0 aliphatic heterocycles. The number of rotatable bonds is 3. The topological polar surface area (TPSA) is 16.1 Å². The maximum absolute atomic E-state index is 4.50. The zero-order chi connectivity index (χ0) is 11.8. The van der Waals surface area contributed by atoms with Crippen molar-refractivity contribution in [3.05, 3.63) is 24.3 Å². The molecule has 90 valence electrons. The van der Waals surface area contributed by atoms with Crippen LogP contribution in [0.25, 0.3) is 10.9 Å². The molecule has 0 bridgehead atoms. The predicted molar refractivity (Wildman–Crippen MR) is 78.3 cm³/mol. The second kappa shape index (κ2) is 4.58. The van der Waals surface area contributed by atoms with E-state index in [1.54, 1.807) is 11.5 Å². The van der Waals surface area contributed by atoms with Crippen molar-refractivity contribution in [2.45, 2.75) is 17.7 Å². The van der Waals surface area contributed by atoms with Gasteiger partial charge in [-0.15, -0.1) is 0 Å². The Morgan fingerprint density at radius 3 is 2.94 bits per heavy atom. The molecule has 1 heterocycles. The number of fused-ring (bicyclic) bond motifs is 1. The largest absolute Gasteiger partial charge is 0.364 e. The highest BCUT2D eigenvalue weighted by molar-refractivity contribution is 9.09. The summed E-state index contributed by atoms with van der Waals surface area (Å²) in [5, 5.41) is 2.59. The molecule has 1 aromatic carbocycles. The van der Waals surface area contributed by atoms with Crippen LogP contribution in [0.5, 0.6) is 0 Å². The second-order valence-electron chi connectivity index (χ2n) is 4.82. The van der Waals surface area contributed by atoms with Crippen molar-refractivity contribution in [1.29, 1.82) is 0 Å². The van der Waals surface area contributed by atoms with E-state index >= 15 is 0 Å². The van der Waals surface area contributed by atoms with Gasteiger partial charge in [-0.05, 0) is 42.4 Å². The quantitative estimate of drug-likeness (QED) is 0.799. The monoisotopic (exact) mass is 310 g/mol. The molecule has 1 aliphatic carbocycles. The normalized spacial score (nSPS) is 23.6. The van der Waals surface area contributed by atoms with Crippen LogP contribution >= 0.6 is 27.5 Å². The molecule has 0 saturated heterocycles. The summed E-state index contributed by atoms with van der Waals surface area (Å²) in [6, 6.07) is 8.39. The van der Waals surface area contributed by atoms with Gasteiger partial charge in [0.2, 0.25) is 0 Å². The third-order valence-corrected chi connectivity index (χ3v) is 5.16. The van der Waals surface area contributed by atoms with Crippen LogP contribution in [-0.2, 0) is 0 Å². The Kier molecular flexibility index (Phi) is 3.09. The molecule has 1 saturated carbocycles. The fraction of sp³-hybridized carbons (Fsp3) is 0.462. The van der Waals surface area contributed by atoms with E-state index in [0.29, 0.717) is 0 Å². The summed E-state index contributed by atoms with van der Waals surface area (Å²) in [5.74, 6) is 0.838. The van der Waals surface area contributed by atoms with Crippen molar-refractivity contribution in [2.75, 3.05) is 18.5 Å². The Balaban J connectivity index is 1.78. The molecule has 3 rings (SSSR count). The van der Waals surface area contributed by atoms with E-state index in [2.05, 4.69) is 50.5 Å². The minimum absolute atomic E-state index is 0.749. The van der Waals surface area contributed by atoms with E-state index in [9.17, 15) is 0 Å². The molecule has 2 aromatic rings. The van der Waals surface area contributed by atoms with E-state index in [1.165, 1.54) is 23.2 Å². The van der Waals surface area contributed by atoms with Crippen LogP contribution in [-0.4, -0.2) is 22.8 Å². The highest BCUT2D eigenvalue weighted by Crippen LogP contribution is 2.36. The number of hydrogen-bond acceptors (Lipinski definition) is 3. The highest BCUT2D eigenvalue weighted by Gasteiger charge is 2.28. The van der Waals surface area contributed by atoms with Gasteiger partial charge in [0.05, 0.1) is 5.52 Å². The second-order valence-corrected chi connectivity index (χ2v) is 6.87. The molecule has 1 aromatic heterocycles. The maximum Gasteiger partial charge on any atom is 0.119 e. The summed E-state index contributed by atoms with van der Waals surface area (Å²) in [7, 11) is 2.18. The number of halogens is 1. The van der Waals surface area contributed by atoms with Gasteiger partial charge in [-0.2, -0.15) is 4.37 Å². The molecule has 17 heavy (non-hydrogen) atoms. The van der Waals surface area contributed by atoms with Crippen molar-refractivity contribution < 1.29 is 0 Å². The molecular weight excluding hydrogens is 296 g/mol. The standard InChI is InChI=1S/C13H15BrN2S/c1-16(8-9-6-10(14)7-9)13-11-4-2-3-5-12(11)15-17-13/h2-5,9-10H,6-8H2,1H3. The zero-order valence-corrected chi connectivity index (χ0v) is 12.2. The van der Waals surface area contributed by atoms with Gasteiger partial charge in [-0.1, -0.05) is 28.1 Å². The summed E-state index contributed by atoms with van der Waals surface area (Å²) in [4.78, 5) is 3.11. The maximum atomic E-state index is 4.50. The lowest BCUT2D eigenvalue weighted by Crippen LogP contribution is -2.34. The van der Waals surface area contributed by atoms with Crippen molar-refractivity contribution in [3.63, 3.8) is 0 Å². The van der Waals surface area contributed by atoms with Crippen LogP contribution in [0.3, 0.4) is 0 Å². The molecule has 4 heteroatoms. The molecule has 2 nitrogen and oxygen atoms in total. The van der Waals surface area contributed by atoms with Crippen LogP contribution in [0.2, 0.25) is 0 Å². The van der Waals surface area contributed by atoms with Crippen molar-refractivity contribution in [1.82, 2.24) is 4.37 Å². The third-order valence-electron chi connectivity index (χ3n) is 3.42. The minimum Gasteiger partial charge on any atom is -0.364 e. The average molecular weight is 311 g/mol. The van der Waals surface area contributed by atoms with Crippen molar-refractivity contribution in [3.8, 4) is 0 Å². The molecule has 0 radical (unpaired) electrons. The number of aromatic nitrogens is 1. The Bertz CT molecular complexity index is 519. The molecule has 0 amide bonds. The van der Waals surface area contributed by atoms with Gasteiger partial charge in [-0.25, -0.2) is 0 Å². The number of anilines is 1. The van der Waals surface area contributed by atoms with E-state index in [0.717, 1.165) is 22.8 Å². The highest BCUT2D eigenvalue weighted by atomic mass is 79.9. The summed E-state index contributed by atoms with van der Waals surface area (Å²) in [6.07, 6.45) is 2.61. The number of benzene rings is 1. The van der Waals surface area contributed by atoms with Gasteiger partial charge in [-0.3, -0.25) is 0 Å². The smallest absolute Gasteiger partial charge is 0.119 e. The van der Waals surface area contributed by atoms with Gasteiger partial charge in [0.25, 0.3) is 0 Å². The van der Waals surface area contributed by atoms with Gasteiger partial charge < -0.3 is 4.90 Å². The predicted octanol–water partition coefficient (Wildman–Crippen LogP) is 3.91. The number of nitrogens with zero attached hydrogens (tertiary/aromatic N) is 2. The lowest BCUT2D eigenvalue weighted by molar-refractivity contribution is 0.339. The van der Waals surface area contributed by atoms with Gasteiger partial charge >= 0.3 is 0 Å². The van der Waals surface area contributed by atoms with Gasteiger partial charge in [0.1, 0.15) is 5.00 Å². The van der Waals surface area contributed by atoms with E-state index < -0.39 is 0 Å². The first kappa shape index (κ1) is 11.5. The lowest BCUT2D eigenvalue weighted by Gasteiger charge is -2.34. The Morgan fingerprint density at radius 1 is 1.41 bits per heavy atom. The van der Waals surface area contributed by atoms with Crippen LogP contribution in [0.4, 0.5) is 5.00 Å². The molecule has 0 unspecified atom stereocenters. The summed E-state index contributed by atoms with van der Waals surface area (Å²) in [5.41, 5.74) is 1.12. The lowest BCUT2D eigenvalue weighted by atomic mass is 9.85. The summed E-state index contributed by atoms with van der Waals surface area (Å²) in [6.45, 7) is 1.15. The Labute approximate surface area is 114 Å². The summed E-state index contributed by atoms with van der Waals surface area (Å²) < 4.78 is 4.50. The first-order valence-electron chi connectivity index (χ1n) is 5.93. The average Bonchev–Trinajstić information content (AvgIpc) is 2.70. The fourth-order valence-corrected chi connectivity index (χ4v) is 4.31. The van der Waals surface area contributed by atoms with Gasteiger partial charge in [0.15, 0.2) is 0 Å². The Hall–Kier alpha value is -0.610.